The van der Waals surface area contributed by atoms with E-state index in [1.54, 1.807) is 11.0 Å². The minimum absolute atomic E-state index is 0.119. The number of anilines is 2. The second-order valence-corrected chi connectivity index (χ2v) is 7.17. The third-order valence-corrected chi connectivity index (χ3v) is 4.92. The van der Waals surface area contributed by atoms with Crippen LogP contribution < -0.4 is 15.5 Å². The van der Waals surface area contributed by atoms with Crippen molar-refractivity contribution in [1.82, 2.24) is 15.1 Å². The molecular formula is C22H23N5O2. The number of carbonyl (C=O) groups excluding carboxylic acids is 2. The van der Waals surface area contributed by atoms with Gasteiger partial charge >= 0.3 is 6.03 Å². The smallest absolute Gasteiger partial charge is 0.321 e. The van der Waals surface area contributed by atoms with E-state index in [9.17, 15) is 9.59 Å². The summed E-state index contributed by atoms with van der Waals surface area (Å²) in [6.07, 6.45) is 0. The lowest BCUT2D eigenvalue weighted by molar-refractivity contribution is 0.102. The zero-order chi connectivity index (χ0) is 20.4. The van der Waals surface area contributed by atoms with Crippen LogP contribution in [0.1, 0.15) is 27.3 Å². The van der Waals surface area contributed by atoms with Crippen LogP contribution in [0.3, 0.4) is 0 Å². The van der Waals surface area contributed by atoms with Crippen molar-refractivity contribution >= 4 is 23.3 Å². The Morgan fingerprint density at radius 2 is 1.93 bits per heavy atom. The number of rotatable bonds is 5. The van der Waals surface area contributed by atoms with Gasteiger partial charge in [-0.15, -0.1) is 0 Å². The molecule has 1 saturated heterocycles. The van der Waals surface area contributed by atoms with E-state index in [0.29, 0.717) is 30.9 Å². The largest absolute Gasteiger partial charge is 0.336 e. The fraction of sp³-hybridized carbons (Fsp3) is 0.227. The molecule has 7 heteroatoms. The van der Waals surface area contributed by atoms with E-state index < -0.39 is 0 Å². The average Bonchev–Trinajstić information content (AvgIpc) is 3.27. The number of aromatic nitrogens is 2. The molecule has 0 atom stereocenters. The summed E-state index contributed by atoms with van der Waals surface area (Å²) in [4.78, 5) is 26.1. The molecule has 148 valence electrons. The SMILES string of the molecule is Cc1cc(C)n(Cc2ccc(C(=O)Nc3cccc(N4CCNC4=O)c3)cc2)n1. The average molecular weight is 389 g/mol. The van der Waals surface area contributed by atoms with Gasteiger partial charge < -0.3 is 10.6 Å². The lowest BCUT2D eigenvalue weighted by atomic mass is 10.1. The normalized spacial score (nSPS) is 13.4. The van der Waals surface area contributed by atoms with Crippen molar-refractivity contribution in [2.45, 2.75) is 20.4 Å². The molecule has 0 bridgehead atoms. The first kappa shape index (κ1) is 18.7. The van der Waals surface area contributed by atoms with Gasteiger partial charge in [0.1, 0.15) is 0 Å². The molecule has 0 aliphatic carbocycles. The van der Waals surface area contributed by atoms with Crippen LogP contribution in [0.2, 0.25) is 0 Å². The van der Waals surface area contributed by atoms with Crippen LogP contribution in [0.5, 0.6) is 0 Å². The lowest BCUT2D eigenvalue weighted by Gasteiger charge is -2.15. The van der Waals surface area contributed by atoms with Crippen LogP contribution >= 0.6 is 0 Å². The highest BCUT2D eigenvalue weighted by Gasteiger charge is 2.21. The van der Waals surface area contributed by atoms with Crippen LogP contribution in [-0.2, 0) is 6.54 Å². The van der Waals surface area contributed by atoms with Gasteiger partial charge in [0.05, 0.1) is 12.2 Å². The number of urea groups is 1. The van der Waals surface area contributed by atoms with Crippen LogP contribution in [0.25, 0.3) is 0 Å². The molecule has 1 aromatic heterocycles. The zero-order valence-corrected chi connectivity index (χ0v) is 16.5. The molecule has 0 unspecified atom stereocenters. The van der Waals surface area contributed by atoms with Crippen molar-refractivity contribution < 1.29 is 9.59 Å². The molecular weight excluding hydrogens is 366 g/mol. The Kier molecular flexibility index (Phi) is 5.03. The molecule has 4 rings (SSSR count). The summed E-state index contributed by atoms with van der Waals surface area (Å²) in [5.41, 5.74) is 5.17. The Morgan fingerprint density at radius 3 is 2.59 bits per heavy atom. The number of nitrogens with zero attached hydrogens (tertiary/aromatic N) is 3. The Bertz CT molecular complexity index is 1060. The van der Waals surface area contributed by atoms with Crippen LogP contribution in [-0.4, -0.2) is 34.8 Å². The van der Waals surface area contributed by atoms with E-state index in [-0.39, 0.29) is 11.9 Å². The molecule has 1 fully saturated rings. The first-order valence-electron chi connectivity index (χ1n) is 9.56. The summed E-state index contributed by atoms with van der Waals surface area (Å²) in [7, 11) is 0. The maximum Gasteiger partial charge on any atom is 0.321 e. The molecule has 3 aromatic rings. The van der Waals surface area contributed by atoms with Crippen LogP contribution in [0.15, 0.2) is 54.6 Å². The highest BCUT2D eigenvalue weighted by Crippen LogP contribution is 2.21. The summed E-state index contributed by atoms with van der Waals surface area (Å²) in [6.45, 7) is 5.91. The molecule has 2 aromatic carbocycles. The number of nitrogens with one attached hydrogen (secondary N) is 2. The first-order chi connectivity index (χ1) is 14.0. The van der Waals surface area contributed by atoms with Gasteiger partial charge in [0, 0.05) is 35.7 Å². The van der Waals surface area contributed by atoms with Crippen molar-refractivity contribution in [1.29, 1.82) is 0 Å². The number of hydrogen-bond donors (Lipinski definition) is 2. The molecule has 29 heavy (non-hydrogen) atoms. The fourth-order valence-corrected chi connectivity index (χ4v) is 3.44. The maximum absolute atomic E-state index is 12.6. The number of benzene rings is 2. The van der Waals surface area contributed by atoms with E-state index in [2.05, 4.69) is 15.7 Å². The molecule has 2 N–H and O–H groups in total. The van der Waals surface area contributed by atoms with Gasteiger partial charge in [0.25, 0.3) is 5.91 Å². The second-order valence-electron chi connectivity index (χ2n) is 7.17. The summed E-state index contributed by atoms with van der Waals surface area (Å²) in [6, 6.07) is 16.7. The van der Waals surface area contributed by atoms with E-state index in [1.807, 2.05) is 67.1 Å². The summed E-state index contributed by atoms with van der Waals surface area (Å²) >= 11 is 0. The standard InChI is InChI=1S/C22H23N5O2/c1-15-12-16(2)27(25-15)14-17-6-8-18(9-7-17)21(28)24-19-4-3-5-20(13-19)26-11-10-23-22(26)29/h3-9,12-13H,10-11,14H2,1-2H3,(H,23,29)(H,24,28). The first-order valence-corrected chi connectivity index (χ1v) is 9.56. The number of carbonyl (C=O) groups is 2. The maximum atomic E-state index is 12.6. The van der Waals surface area contributed by atoms with Crippen LogP contribution in [0, 0.1) is 13.8 Å². The topological polar surface area (TPSA) is 79.3 Å². The lowest BCUT2D eigenvalue weighted by Crippen LogP contribution is -2.27. The second kappa shape index (κ2) is 7.79. The van der Waals surface area contributed by atoms with Gasteiger partial charge in [0.2, 0.25) is 0 Å². The quantitative estimate of drug-likeness (QED) is 0.702. The van der Waals surface area contributed by atoms with Crippen LogP contribution in [0.4, 0.5) is 16.2 Å². The molecule has 0 spiro atoms. The summed E-state index contributed by atoms with van der Waals surface area (Å²) in [5.74, 6) is -0.189. The summed E-state index contributed by atoms with van der Waals surface area (Å²) in [5, 5.41) is 10.1. The number of aryl methyl sites for hydroxylation is 2. The van der Waals surface area contributed by atoms with E-state index in [0.717, 1.165) is 22.6 Å². The van der Waals surface area contributed by atoms with Gasteiger partial charge in [-0.1, -0.05) is 18.2 Å². The van der Waals surface area contributed by atoms with Gasteiger partial charge in [-0.05, 0) is 55.8 Å². The Labute approximate surface area is 169 Å². The monoisotopic (exact) mass is 389 g/mol. The zero-order valence-electron chi connectivity index (χ0n) is 16.5. The number of hydrogen-bond acceptors (Lipinski definition) is 3. The van der Waals surface area contributed by atoms with E-state index in [1.165, 1.54) is 0 Å². The van der Waals surface area contributed by atoms with Crippen molar-refractivity contribution in [2.75, 3.05) is 23.3 Å². The van der Waals surface area contributed by atoms with Gasteiger partial charge in [0.15, 0.2) is 0 Å². The predicted molar refractivity (Wildman–Crippen MR) is 112 cm³/mol. The molecule has 2 heterocycles. The minimum atomic E-state index is -0.189. The Balaban J connectivity index is 1.43. The van der Waals surface area contributed by atoms with E-state index in [4.69, 9.17) is 0 Å². The molecule has 7 nitrogen and oxygen atoms in total. The van der Waals surface area contributed by atoms with Crippen molar-refractivity contribution in [3.63, 3.8) is 0 Å². The van der Waals surface area contributed by atoms with Gasteiger partial charge in [-0.3, -0.25) is 14.4 Å². The van der Waals surface area contributed by atoms with Crippen molar-refractivity contribution in [3.05, 3.63) is 77.1 Å². The van der Waals surface area contributed by atoms with Crippen molar-refractivity contribution in [2.24, 2.45) is 0 Å². The highest BCUT2D eigenvalue weighted by atomic mass is 16.2. The van der Waals surface area contributed by atoms with Crippen molar-refractivity contribution in [3.8, 4) is 0 Å². The molecule has 1 aliphatic rings. The van der Waals surface area contributed by atoms with E-state index >= 15 is 0 Å². The van der Waals surface area contributed by atoms with Gasteiger partial charge in [-0.2, -0.15) is 5.10 Å². The molecule has 0 radical (unpaired) electrons. The Morgan fingerprint density at radius 1 is 1.14 bits per heavy atom. The number of amides is 3. The highest BCUT2D eigenvalue weighted by molar-refractivity contribution is 6.04. The molecule has 3 amide bonds. The fourth-order valence-electron chi connectivity index (χ4n) is 3.44. The third-order valence-electron chi connectivity index (χ3n) is 4.92. The summed E-state index contributed by atoms with van der Waals surface area (Å²) < 4.78 is 1.95. The van der Waals surface area contributed by atoms with Gasteiger partial charge in [-0.25, -0.2) is 4.79 Å². The third kappa shape index (κ3) is 4.13. The molecule has 1 aliphatic heterocycles. The Hall–Kier alpha value is -3.61. The molecule has 0 saturated carbocycles. The predicted octanol–water partition coefficient (Wildman–Crippen LogP) is 3.33. The minimum Gasteiger partial charge on any atom is -0.336 e.